The minimum atomic E-state index is 0.144. The van der Waals surface area contributed by atoms with Crippen LogP contribution in [0.4, 0.5) is 0 Å². The van der Waals surface area contributed by atoms with Crippen molar-refractivity contribution in [3.63, 3.8) is 0 Å². The zero-order chi connectivity index (χ0) is 15.5. The summed E-state index contributed by atoms with van der Waals surface area (Å²) in [4.78, 5) is 2.54. The number of aryl methyl sites for hydroxylation is 1. The molecule has 0 spiro atoms. The zero-order valence-corrected chi connectivity index (χ0v) is 14.5. The van der Waals surface area contributed by atoms with Gasteiger partial charge in [0.25, 0.3) is 0 Å². The smallest absolute Gasteiger partial charge is 0.118 e. The van der Waals surface area contributed by atoms with Gasteiger partial charge in [0.2, 0.25) is 0 Å². The molecule has 1 aliphatic rings. The molecule has 2 heterocycles. The Morgan fingerprint density at radius 2 is 2.05 bits per heavy atom. The summed E-state index contributed by atoms with van der Waals surface area (Å²) in [5.74, 6) is 3.05. The number of likely N-dealkylation sites (tertiary alicyclic amines) is 1. The van der Waals surface area contributed by atoms with E-state index in [-0.39, 0.29) is 5.54 Å². The van der Waals surface area contributed by atoms with Gasteiger partial charge in [0, 0.05) is 17.6 Å². The van der Waals surface area contributed by atoms with Crippen molar-refractivity contribution in [1.82, 2.24) is 10.2 Å². The van der Waals surface area contributed by atoms with Crippen molar-refractivity contribution >= 4 is 0 Å². The van der Waals surface area contributed by atoms with Gasteiger partial charge in [-0.2, -0.15) is 0 Å². The Balaban J connectivity index is 1.92. The van der Waals surface area contributed by atoms with E-state index >= 15 is 0 Å². The third-order valence-electron chi connectivity index (χ3n) is 4.37. The van der Waals surface area contributed by atoms with Gasteiger partial charge >= 0.3 is 0 Å². The van der Waals surface area contributed by atoms with Crippen LogP contribution in [0.25, 0.3) is 0 Å². The highest BCUT2D eigenvalue weighted by atomic mass is 16.3. The van der Waals surface area contributed by atoms with Crippen LogP contribution in [0.1, 0.15) is 64.0 Å². The van der Waals surface area contributed by atoms with E-state index in [4.69, 9.17) is 4.42 Å². The molecule has 1 unspecified atom stereocenters. The summed E-state index contributed by atoms with van der Waals surface area (Å²) in [6.07, 6.45) is 4.01. The molecule has 0 saturated carbocycles. The van der Waals surface area contributed by atoms with Crippen molar-refractivity contribution in [2.75, 3.05) is 13.1 Å². The summed E-state index contributed by atoms with van der Waals surface area (Å²) in [7, 11) is 0. The highest BCUT2D eigenvalue weighted by Crippen LogP contribution is 2.21. The summed E-state index contributed by atoms with van der Waals surface area (Å²) in [6.45, 7) is 15.3. The van der Waals surface area contributed by atoms with Crippen molar-refractivity contribution in [2.24, 2.45) is 5.92 Å². The lowest BCUT2D eigenvalue weighted by Crippen LogP contribution is -2.35. The van der Waals surface area contributed by atoms with Crippen molar-refractivity contribution in [1.29, 1.82) is 0 Å². The molecular formula is C18H32N2O. The molecule has 0 aromatic carbocycles. The fraction of sp³-hybridized carbons (Fsp3) is 0.778. The molecule has 0 amide bonds. The van der Waals surface area contributed by atoms with Crippen molar-refractivity contribution in [2.45, 2.75) is 72.5 Å². The van der Waals surface area contributed by atoms with Gasteiger partial charge in [-0.1, -0.05) is 6.92 Å². The molecule has 21 heavy (non-hydrogen) atoms. The first-order valence-electron chi connectivity index (χ1n) is 8.39. The fourth-order valence-electron chi connectivity index (χ4n) is 2.90. The maximum Gasteiger partial charge on any atom is 0.118 e. The van der Waals surface area contributed by atoms with Crippen LogP contribution < -0.4 is 5.32 Å². The monoisotopic (exact) mass is 292 g/mol. The average molecular weight is 292 g/mol. The molecule has 1 aromatic rings. The third kappa shape index (κ3) is 5.48. The van der Waals surface area contributed by atoms with Gasteiger partial charge in [0.15, 0.2) is 0 Å². The first kappa shape index (κ1) is 16.6. The van der Waals surface area contributed by atoms with E-state index in [1.165, 1.54) is 37.9 Å². The van der Waals surface area contributed by atoms with Crippen LogP contribution in [-0.4, -0.2) is 23.5 Å². The number of hydrogen-bond donors (Lipinski definition) is 1. The summed E-state index contributed by atoms with van der Waals surface area (Å²) in [5.41, 5.74) is 1.44. The van der Waals surface area contributed by atoms with E-state index in [9.17, 15) is 0 Å². The minimum Gasteiger partial charge on any atom is -0.465 e. The van der Waals surface area contributed by atoms with Crippen LogP contribution in [0.2, 0.25) is 0 Å². The molecule has 1 saturated heterocycles. The largest absolute Gasteiger partial charge is 0.465 e. The lowest BCUT2D eigenvalue weighted by Gasteiger charge is -2.20. The molecular weight excluding hydrogens is 260 g/mol. The van der Waals surface area contributed by atoms with Crippen molar-refractivity contribution < 1.29 is 4.42 Å². The summed E-state index contributed by atoms with van der Waals surface area (Å²) < 4.78 is 5.97. The van der Waals surface area contributed by atoms with E-state index in [1.54, 1.807) is 0 Å². The second-order valence-corrected chi connectivity index (χ2v) is 7.71. The number of hydrogen-bond acceptors (Lipinski definition) is 3. The Bertz CT molecular complexity index is 445. The Labute approximate surface area is 130 Å². The Kier molecular flexibility index (Phi) is 5.50. The second-order valence-electron chi connectivity index (χ2n) is 7.71. The summed E-state index contributed by atoms with van der Waals surface area (Å²) >= 11 is 0. The molecule has 1 N–H and O–H groups in total. The number of furan rings is 1. The van der Waals surface area contributed by atoms with Gasteiger partial charge in [-0.3, -0.25) is 4.90 Å². The average Bonchev–Trinajstić information content (AvgIpc) is 2.59. The lowest BCUT2D eigenvalue weighted by molar-refractivity contribution is 0.249. The van der Waals surface area contributed by atoms with Gasteiger partial charge in [0.1, 0.15) is 11.5 Å². The number of rotatable bonds is 4. The standard InChI is InChI=1S/C18H32N2O/c1-14-7-6-9-20(10-8-14)13-17-11-16(15(2)21-17)12-19-18(3,4)5/h11,14,19H,6-10,12-13H2,1-5H3. The highest BCUT2D eigenvalue weighted by molar-refractivity contribution is 5.21. The van der Waals surface area contributed by atoms with Crippen LogP contribution in [0.5, 0.6) is 0 Å². The highest BCUT2D eigenvalue weighted by Gasteiger charge is 2.17. The van der Waals surface area contributed by atoms with Gasteiger partial charge in [0.05, 0.1) is 6.54 Å². The Morgan fingerprint density at radius 1 is 1.29 bits per heavy atom. The molecule has 120 valence electrons. The maximum absolute atomic E-state index is 5.97. The van der Waals surface area contributed by atoms with Crippen molar-refractivity contribution in [3.05, 3.63) is 23.2 Å². The SMILES string of the molecule is Cc1oc(CN2CCCC(C)CC2)cc1CNC(C)(C)C. The molecule has 0 aliphatic carbocycles. The van der Waals surface area contributed by atoms with E-state index < -0.39 is 0 Å². The van der Waals surface area contributed by atoms with Gasteiger partial charge in [-0.15, -0.1) is 0 Å². The lowest BCUT2D eigenvalue weighted by atomic mass is 10.0. The van der Waals surface area contributed by atoms with Gasteiger partial charge < -0.3 is 9.73 Å². The molecule has 1 fully saturated rings. The Hall–Kier alpha value is -0.800. The first-order chi connectivity index (χ1) is 9.83. The summed E-state index contributed by atoms with van der Waals surface area (Å²) in [5, 5.41) is 3.54. The van der Waals surface area contributed by atoms with E-state index in [0.29, 0.717) is 0 Å². The maximum atomic E-state index is 5.97. The third-order valence-corrected chi connectivity index (χ3v) is 4.37. The van der Waals surface area contributed by atoms with E-state index in [1.807, 2.05) is 0 Å². The normalized spacial score (nSPS) is 21.5. The van der Waals surface area contributed by atoms with Crippen LogP contribution >= 0.6 is 0 Å². The van der Waals surface area contributed by atoms with Crippen LogP contribution in [-0.2, 0) is 13.1 Å². The predicted octanol–water partition coefficient (Wildman–Crippen LogP) is 4.10. The second kappa shape index (κ2) is 6.97. The topological polar surface area (TPSA) is 28.4 Å². The fourth-order valence-corrected chi connectivity index (χ4v) is 2.90. The molecule has 1 aliphatic heterocycles. The van der Waals surface area contributed by atoms with Crippen LogP contribution in [0.3, 0.4) is 0 Å². The molecule has 3 heteroatoms. The molecule has 0 radical (unpaired) electrons. The minimum absolute atomic E-state index is 0.144. The molecule has 3 nitrogen and oxygen atoms in total. The molecule has 0 bridgehead atoms. The van der Waals surface area contributed by atoms with Gasteiger partial charge in [-0.05, 0) is 72.0 Å². The quantitative estimate of drug-likeness (QED) is 0.905. The van der Waals surface area contributed by atoms with Crippen molar-refractivity contribution in [3.8, 4) is 0 Å². The van der Waals surface area contributed by atoms with Gasteiger partial charge in [-0.25, -0.2) is 0 Å². The molecule has 2 rings (SSSR count). The predicted molar refractivity (Wildman–Crippen MR) is 88.3 cm³/mol. The van der Waals surface area contributed by atoms with Crippen LogP contribution in [0, 0.1) is 12.8 Å². The van der Waals surface area contributed by atoms with E-state index in [0.717, 1.165) is 30.5 Å². The number of nitrogens with zero attached hydrogens (tertiary/aromatic N) is 1. The number of nitrogens with one attached hydrogen (secondary N) is 1. The zero-order valence-electron chi connectivity index (χ0n) is 14.5. The Morgan fingerprint density at radius 3 is 2.76 bits per heavy atom. The molecule has 1 atom stereocenters. The van der Waals surface area contributed by atoms with E-state index in [2.05, 4.69) is 50.9 Å². The van der Waals surface area contributed by atoms with Crippen LogP contribution in [0.15, 0.2) is 10.5 Å². The first-order valence-corrected chi connectivity index (χ1v) is 8.39. The summed E-state index contributed by atoms with van der Waals surface area (Å²) in [6, 6.07) is 2.24. The molecule has 1 aromatic heterocycles.